The highest BCUT2D eigenvalue weighted by atomic mass is 19.1. The molecule has 1 aromatic rings. The van der Waals surface area contributed by atoms with Crippen LogP contribution in [0.25, 0.3) is 0 Å². The van der Waals surface area contributed by atoms with Gasteiger partial charge >= 0.3 is 5.97 Å². The summed E-state index contributed by atoms with van der Waals surface area (Å²) >= 11 is 0. The number of aromatic nitrogens is 1. The molecule has 2 aliphatic rings. The topological polar surface area (TPSA) is 90.0 Å². The van der Waals surface area contributed by atoms with Crippen LogP contribution in [0.1, 0.15) is 52.8 Å². The predicted octanol–water partition coefficient (Wildman–Crippen LogP) is 2.51. The third kappa shape index (κ3) is 5.44. The molecule has 0 radical (unpaired) electrons. The van der Waals surface area contributed by atoms with Crippen LogP contribution in [0.15, 0.2) is 12.1 Å². The third-order valence-electron chi connectivity index (χ3n) is 5.74. The monoisotopic (exact) mass is 439 g/mol. The molecular formula is C22H32FN3O5. The fourth-order valence-electron chi connectivity index (χ4n) is 3.36. The largest absolute Gasteiger partial charge is 0.476 e. The molecule has 31 heavy (non-hydrogen) atoms. The zero-order valence-corrected chi connectivity index (χ0v) is 18.3. The van der Waals surface area contributed by atoms with Gasteiger partial charge in [-0.1, -0.05) is 6.92 Å². The van der Waals surface area contributed by atoms with Gasteiger partial charge in [0.25, 0.3) is 5.91 Å². The summed E-state index contributed by atoms with van der Waals surface area (Å²) in [6.07, 6.45) is 1.37. The van der Waals surface area contributed by atoms with Gasteiger partial charge in [0.05, 0.1) is 28.7 Å². The van der Waals surface area contributed by atoms with Gasteiger partial charge in [0.1, 0.15) is 16.9 Å². The molecule has 9 heteroatoms. The predicted molar refractivity (Wildman–Crippen MR) is 113 cm³/mol. The first-order valence-corrected chi connectivity index (χ1v) is 10.7. The van der Waals surface area contributed by atoms with Crippen LogP contribution in [0.5, 0.6) is 5.88 Å². The van der Waals surface area contributed by atoms with Gasteiger partial charge in [0, 0.05) is 26.6 Å². The van der Waals surface area contributed by atoms with E-state index >= 15 is 0 Å². The van der Waals surface area contributed by atoms with Crippen LogP contribution in [-0.2, 0) is 14.3 Å². The van der Waals surface area contributed by atoms with Crippen LogP contribution in [0.2, 0.25) is 0 Å². The van der Waals surface area contributed by atoms with Gasteiger partial charge in [-0.25, -0.2) is 9.78 Å². The zero-order valence-electron chi connectivity index (χ0n) is 20.3. The second-order valence-electron chi connectivity index (χ2n) is 7.96. The van der Waals surface area contributed by atoms with E-state index in [4.69, 9.17) is 17.0 Å². The smallest absolute Gasteiger partial charge is 0.331 e. The minimum atomic E-state index is -3.19. The van der Waals surface area contributed by atoms with Crippen LogP contribution in [0.3, 0.4) is 0 Å². The molecule has 1 unspecified atom stereocenters. The number of pyridine rings is 1. The second-order valence-corrected chi connectivity index (χ2v) is 7.96. The van der Waals surface area contributed by atoms with Crippen LogP contribution >= 0.6 is 0 Å². The number of esters is 1. The summed E-state index contributed by atoms with van der Waals surface area (Å²) in [6, 6.07) is 3.23. The number of halogens is 1. The Labute approximate surface area is 185 Å². The Bertz CT molecular complexity index is 859. The molecule has 2 fully saturated rings. The van der Waals surface area contributed by atoms with Crippen molar-refractivity contribution < 1.29 is 30.9 Å². The van der Waals surface area contributed by atoms with Crippen molar-refractivity contribution in [1.82, 2.24) is 10.3 Å². The summed E-state index contributed by atoms with van der Waals surface area (Å²) in [7, 11) is 1.65. The average Bonchev–Trinajstić information content (AvgIpc) is 3.55. The number of hydrogen-bond acceptors (Lipinski definition) is 7. The molecule has 1 aliphatic carbocycles. The number of nitrogens with one attached hydrogen (secondary N) is 1. The molecule has 0 aromatic carbocycles. The van der Waals surface area contributed by atoms with Gasteiger partial charge in [-0.3, -0.25) is 9.18 Å². The molecule has 3 rings (SSSR count). The fraction of sp³-hybridized carbons (Fsp3) is 0.682. The molecule has 1 saturated heterocycles. The Morgan fingerprint density at radius 1 is 1.35 bits per heavy atom. The van der Waals surface area contributed by atoms with Crippen LogP contribution in [0.4, 0.5) is 10.1 Å². The lowest BCUT2D eigenvalue weighted by atomic mass is 9.92. The molecule has 1 atom stereocenters. The summed E-state index contributed by atoms with van der Waals surface area (Å²) in [6.45, 7) is 1.80. The van der Waals surface area contributed by atoms with E-state index in [1.54, 1.807) is 27.0 Å². The van der Waals surface area contributed by atoms with Gasteiger partial charge in [0.2, 0.25) is 5.88 Å². The Morgan fingerprint density at radius 2 is 2.10 bits per heavy atom. The minimum absolute atomic E-state index is 0.0101. The van der Waals surface area contributed by atoms with Gasteiger partial charge in [0.15, 0.2) is 0 Å². The second kappa shape index (κ2) is 10.3. The van der Waals surface area contributed by atoms with E-state index in [0.29, 0.717) is 31.5 Å². The van der Waals surface area contributed by atoms with Crippen molar-refractivity contribution in [3.63, 3.8) is 0 Å². The maximum absolute atomic E-state index is 13.9. The third-order valence-corrected chi connectivity index (χ3v) is 5.74. The normalized spacial score (nSPS) is 19.5. The first-order valence-electron chi connectivity index (χ1n) is 11.7. The minimum Gasteiger partial charge on any atom is -0.476 e. The maximum atomic E-state index is 13.9. The lowest BCUT2D eigenvalue weighted by molar-refractivity contribution is -0.151. The van der Waals surface area contributed by atoms with E-state index in [0.717, 1.165) is 18.5 Å². The number of alkyl halides is 1. The van der Waals surface area contributed by atoms with Crippen molar-refractivity contribution in [3.8, 4) is 5.88 Å². The Kier molecular flexibility index (Phi) is 6.78. The number of carbonyl (C=O) groups is 2. The van der Waals surface area contributed by atoms with Crippen LogP contribution in [0, 0.1) is 5.92 Å². The number of carbonyl (C=O) groups excluding carboxylic acids is 2. The summed E-state index contributed by atoms with van der Waals surface area (Å²) in [5, 5.41) is 2.49. The quantitative estimate of drug-likeness (QED) is 0.501. The standard InChI is InChI=1S/C22H32FN3O5/c1-4-22(10-11-23,21(28)30-5-2)25-19(27)17-8-9-18(26-12-16(13-26)29-3)20(24-17)31-14-15-6-7-15/h8-9,15-16H,4-7,10-14H2,1-3H3,(H,25,27)/i11D2. The van der Waals surface area contributed by atoms with Gasteiger partial charge < -0.3 is 24.4 Å². The summed E-state index contributed by atoms with van der Waals surface area (Å²) in [4.78, 5) is 32.1. The van der Waals surface area contributed by atoms with E-state index in [-0.39, 0.29) is 24.8 Å². The van der Waals surface area contributed by atoms with E-state index in [1.165, 1.54) is 6.07 Å². The average molecular weight is 440 g/mol. The zero-order chi connectivity index (χ0) is 24.2. The van der Waals surface area contributed by atoms with Crippen LogP contribution in [-0.4, -0.2) is 68.5 Å². The molecule has 2 heterocycles. The van der Waals surface area contributed by atoms with Gasteiger partial charge in [-0.15, -0.1) is 0 Å². The van der Waals surface area contributed by atoms with Gasteiger partial charge in [-0.2, -0.15) is 0 Å². The van der Waals surface area contributed by atoms with Crippen molar-refractivity contribution in [2.45, 2.75) is 51.2 Å². The SMILES string of the molecule is [2H]C([2H])(F)CC(CC)(NC(=O)c1ccc(N2CC(OC)C2)c(OCC2CC2)n1)C(=O)OCC. The summed E-state index contributed by atoms with van der Waals surface area (Å²) < 4.78 is 44.9. The Hall–Kier alpha value is -2.42. The molecule has 1 aliphatic heterocycles. The first kappa shape index (κ1) is 20.5. The Morgan fingerprint density at radius 3 is 2.68 bits per heavy atom. The van der Waals surface area contributed by atoms with Crippen molar-refractivity contribution in [1.29, 1.82) is 0 Å². The molecular weight excluding hydrogens is 405 g/mol. The highest BCUT2D eigenvalue weighted by Crippen LogP contribution is 2.34. The molecule has 8 nitrogen and oxygen atoms in total. The number of amides is 1. The maximum Gasteiger partial charge on any atom is 0.331 e. The van der Waals surface area contributed by atoms with Gasteiger partial charge in [-0.05, 0) is 44.2 Å². The van der Waals surface area contributed by atoms with Crippen molar-refractivity contribution in [3.05, 3.63) is 17.8 Å². The number of hydrogen-bond donors (Lipinski definition) is 1. The molecule has 1 saturated carbocycles. The summed E-state index contributed by atoms with van der Waals surface area (Å²) in [5.41, 5.74) is -1.15. The van der Waals surface area contributed by atoms with Crippen molar-refractivity contribution in [2.24, 2.45) is 5.92 Å². The van der Waals surface area contributed by atoms with Crippen molar-refractivity contribution in [2.75, 3.05) is 44.9 Å². The molecule has 172 valence electrons. The van der Waals surface area contributed by atoms with Crippen molar-refractivity contribution >= 4 is 17.6 Å². The lowest BCUT2D eigenvalue weighted by Gasteiger charge is -2.40. The molecule has 1 N–H and O–H groups in total. The van der Waals surface area contributed by atoms with E-state index < -0.39 is 30.5 Å². The van der Waals surface area contributed by atoms with E-state index in [1.807, 2.05) is 4.90 Å². The molecule has 1 aromatic heterocycles. The lowest BCUT2D eigenvalue weighted by Crippen LogP contribution is -2.55. The highest BCUT2D eigenvalue weighted by Gasteiger charge is 2.40. The number of rotatable bonds is 12. The fourth-order valence-corrected chi connectivity index (χ4v) is 3.36. The Balaban J connectivity index is 1.84. The van der Waals surface area contributed by atoms with E-state index in [9.17, 15) is 14.0 Å². The number of ether oxygens (including phenoxy) is 3. The molecule has 0 spiro atoms. The molecule has 0 bridgehead atoms. The highest BCUT2D eigenvalue weighted by molar-refractivity contribution is 5.97. The first-order chi connectivity index (χ1) is 15.6. The summed E-state index contributed by atoms with van der Waals surface area (Å²) in [5.74, 6) is -0.850. The van der Waals surface area contributed by atoms with Crippen LogP contribution < -0.4 is 15.0 Å². The van der Waals surface area contributed by atoms with E-state index in [2.05, 4.69) is 10.3 Å². The molecule has 1 amide bonds. The number of nitrogens with zero attached hydrogens (tertiary/aromatic N) is 2. The number of anilines is 1. The number of methoxy groups -OCH3 is 1.